The Labute approximate surface area is 83.5 Å². The van der Waals surface area contributed by atoms with E-state index in [2.05, 4.69) is 0 Å². The zero-order valence-electron chi connectivity index (χ0n) is 7.89. The third-order valence-corrected chi connectivity index (χ3v) is 2.70. The summed E-state index contributed by atoms with van der Waals surface area (Å²) in [7, 11) is 0. The first kappa shape index (κ1) is 11.8. The van der Waals surface area contributed by atoms with Crippen molar-refractivity contribution >= 4 is 11.9 Å². The molecule has 1 aliphatic carbocycles. The third-order valence-electron chi connectivity index (χ3n) is 2.70. The highest BCUT2D eigenvalue weighted by Crippen LogP contribution is 2.51. The van der Waals surface area contributed by atoms with Gasteiger partial charge in [0.1, 0.15) is 0 Å². The Morgan fingerprint density at radius 3 is 2.27 bits per heavy atom. The van der Waals surface area contributed by atoms with Crippen LogP contribution in [-0.4, -0.2) is 29.7 Å². The number of alkyl halides is 3. The van der Waals surface area contributed by atoms with Crippen molar-refractivity contribution in [3.8, 4) is 0 Å². The third kappa shape index (κ3) is 2.21. The molecule has 2 atom stereocenters. The Hall–Kier alpha value is -1.27. The van der Waals surface area contributed by atoms with E-state index in [0.29, 0.717) is 6.42 Å². The summed E-state index contributed by atoms with van der Waals surface area (Å²) in [6.45, 7) is 1.15. The molecule has 86 valence electrons. The van der Waals surface area contributed by atoms with Gasteiger partial charge in [-0.2, -0.15) is 13.2 Å². The van der Waals surface area contributed by atoms with Gasteiger partial charge in [0.05, 0.1) is 5.41 Å². The number of hydrogen-bond acceptors (Lipinski definition) is 2. The van der Waals surface area contributed by atoms with Crippen molar-refractivity contribution in [1.82, 2.24) is 5.32 Å². The Morgan fingerprint density at radius 1 is 1.53 bits per heavy atom. The van der Waals surface area contributed by atoms with Crippen LogP contribution in [0.25, 0.3) is 0 Å². The zero-order valence-corrected chi connectivity index (χ0v) is 7.89. The first-order valence-corrected chi connectivity index (χ1v) is 4.28. The SMILES string of the molecule is C[C@H]1C[C@]1(CNC(=O)C(F)(F)F)C(=O)O. The van der Waals surface area contributed by atoms with Crippen molar-refractivity contribution in [1.29, 1.82) is 0 Å². The molecule has 1 aliphatic rings. The summed E-state index contributed by atoms with van der Waals surface area (Å²) in [6.07, 6.45) is -4.67. The number of carboxylic acid groups (broad SMARTS) is 1. The second-order valence-corrected chi connectivity index (χ2v) is 3.75. The fourth-order valence-corrected chi connectivity index (χ4v) is 1.45. The summed E-state index contributed by atoms with van der Waals surface area (Å²) in [6, 6.07) is 0. The van der Waals surface area contributed by atoms with E-state index < -0.39 is 30.0 Å². The molecule has 1 amide bonds. The monoisotopic (exact) mass is 225 g/mol. The Bertz CT molecular complexity index is 302. The van der Waals surface area contributed by atoms with Crippen molar-refractivity contribution < 1.29 is 27.9 Å². The number of carbonyl (C=O) groups is 2. The molecule has 0 bridgehead atoms. The maximum absolute atomic E-state index is 11.8. The molecule has 15 heavy (non-hydrogen) atoms. The Balaban J connectivity index is 2.51. The van der Waals surface area contributed by atoms with E-state index in [1.54, 1.807) is 12.2 Å². The number of rotatable bonds is 3. The molecule has 1 rings (SSSR count). The average Bonchev–Trinajstić information content (AvgIpc) is 2.72. The van der Waals surface area contributed by atoms with Gasteiger partial charge in [-0.25, -0.2) is 0 Å². The van der Waals surface area contributed by atoms with Gasteiger partial charge < -0.3 is 10.4 Å². The van der Waals surface area contributed by atoms with Crippen LogP contribution in [0, 0.1) is 11.3 Å². The quantitative estimate of drug-likeness (QED) is 0.745. The highest BCUT2D eigenvalue weighted by atomic mass is 19.4. The van der Waals surface area contributed by atoms with Crippen LogP contribution in [0.1, 0.15) is 13.3 Å². The van der Waals surface area contributed by atoms with Gasteiger partial charge in [-0.15, -0.1) is 0 Å². The number of nitrogens with one attached hydrogen (secondary N) is 1. The fourth-order valence-electron chi connectivity index (χ4n) is 1.45. The average molecular weight is 225 g/mol. The molecule has 0 heterocycles. The lowest BCUT2D eigenvalue weighted by molar-refractivity contribution is -0.174. The normalized spacial score (nSPS) is 29.7. The lowest BCUT2D eigenvalue weighted by Gasteiger charge is -2.13. The molecule has 0 aliphatic heterocycles. The lowest BCUT2D eigenvalue weighted by atomic mass is 10.1. The highest BCUT2D eigenvalue weighted by molar-refractivity contribution is 5.84. The van der Waals surface area contributed by atoms with Gasteiger partial charge in [0.15, 0.2) is 0 Å². The highest BCUT2D eigenvalue weighted by Gasteiger charge is 2.58. The van der Waals surface area contributed by atoms with E-state index >= 15 is 0 Å². The maximum Gasteiger partial charge on any atom is 0.471 e. The van der Waals surface area contributed by atoms with E-state index in [1.165, 1.54) is 0 Å². The number of halogens is 3. The minimum Gasteiger partial charge on any atom is -0.481 e. The first-order valence-electron chi connectivity index (χ1n) is 4.28. The van der Waals surface area contributed by atoms with Crippen LogP contribution in [0.15, 0.2) is 0 Å². The number of hydrogen-bond donors (Lipinski definition) is 2. The van der Waals surface area contributed by atoms with Crippen molar-refractivity contribution in [3.05, 3.63) is 0 Å². The molecule has 4 nitrogen and oxygen atoms in total. The van der Waals surface area contributed by atoms with Crippen molar-refractivity contribution in [2.24, 2.45) is 11.3 Å². The van der Waals surface area contributed by atoms with Gasteiger partial charge in [0.2, 0.25) is 0 Å². The summed E-state index contributed by atoms with van der Waals surface area (Å²) in [4.78, 5) is 21.2. The van der Waals surface area contributed by atoms with Crippen LogP contribution in [0.2, 0.25) is 0 Å². The second kappa shape index (κ2) is 3.39. The molecule has 0 spiro atoms. The largest absolute Gasteiger partial charge is 0.481 e. The minimum absolute atomic E-state index is 0.205. The van der Waals surface area contributed by atoms with Gasteiger partial charge in [0, 0.05) is 6.54 Å². The molecule has 0 aromatic heterocycles. The lowest BCUT2D eigenvalue weighted by Crippen LogP contribution is -2.42. The van der Waals surface area contributed by atoms with E-state index in [-0.39, 0.29) is 5.92 Å². The molecule has 0 radical (unpaired) electrons. The molecule has 0 saturated heterocycles. The number of aliphatic carboxylic acids is 1. The van der Waals surface area contributed by atoms with E-state index in [1.807, 2.05) is 0 Å². The fraction of sp³-hybridized carbons (Fsp3) is 0.750. The molecule has 7 heteroatoms. The van der Waals surface area contributed by atoms with Gasteiger partial charge >= 0.3 is 18.1 Å². The van der Waals surface area contributed by atoms with Crippen molar-refractivity contribution in [3.63, 3.8) is 0 Å². The van der Waals surface area contributed by atoms with Gasteiger partial charge in [0.25, 0.3) is 0 Å². The second-order valence-electron chi connectivity index (χ2n) is 3.75. The molecular weight excluding hydrogens is 215 g/mol. The first-order chi connectivity index (χ1) is 6.70. The topological polar surface area (TPSA) is 66.4 Å². The van der Waals surface area contributed by atoms with E-state index in [4.69, 9.17) is 5.11 Å². The molecule has 0 unspecified atom stereocenters. The van der Waals surface area contributed by atoms with Crippen LogP contribution in [0.3, 0.4) is 0 Å². The summed E-state index contributed by atoms with van der Waals surface area (Å²) in [5, 5.41) is 10.3. The van der Waals surface area contributed by atoms with Crippen molar-refractivity contribution in [2.45, 2.75) is 19.5 Å². The van der Waals surface area contributed by atoms with Crippen LogP contribution in [0.5, 0.6) is 0 Å². The molecule has 2 N–H and O–H groups in total. The summed E-state index contributed by atoms with van der Waals surface area (Å²) < 4.78 is 35.4. The van der Waals surface area contributed by atoms with Gasteiger partial charge in [-0.1, -0.05) is 6.92 Å². The Kier molecular flexibility index (Phi) is 2.67. The summed E-state index contributed by atoms with van der Waals surface area (Å²) in [5.74, 6) is -3.47. The molecule has 1 fully saturated rings. The zero-order chi connectivity index (χ0) is 11.9. The number of carbonyl (C=O) groups excluding carboxylic acids is 1. The van der Waals surface area contributed by atoms with Crippen LogP contribution < -0.4 is 5.32 Å². The summed E-state index contributed by atoms with van der Waals surface area (Å²) in [5.41, 5.74) is -1.21. The smallest absolute Gasteiger partial charge is 0.471 e. The molecule has 0 aromatic carbocycles. The van der Waals surface area contributed by atoms with Crippen LogP contribution in [0.4, 0.5) is 13.2 Å². The van der Waals surface area contributed by atoms with E-state index in [0.717, 1.165) is 0 Å². The predicted octanol–water partition coefficient (Wildman–Crippen LogP) is 0.776. The number of amides is 1. The minimum atomic E-state index is -4.96. The standard InChI is InChI=1S/C8H10F3NO3/c1-4-2-7(4,6(14)15)3-12-5(13)8(9,10)11/h4H,2-3H2,1H3,(H,12,13)(H,14,15)/t4-,7+/m0/s1. The van der Waals surface area contributed by atoms with Crippen LogP contribution in [-0.2, 0) is 9.59 Å². The maximum atomic E-state index is 11.8. The molecular formula is C8H10F3NO3. The molecule has 0 aromatic rings. The van der Waals surface area contributed by atoms with Crippen LogP contribution >= 0.6 is 0 Å². The van der Waals surface area contributed by atoms with Gasteiger partial charge in [-0.3, -0.25) is 9.59 Å². The Morgan fingerprint density at radius 2 is 2.00 bits per heavy atom. The number of carboxylic acids is 1. The van der Waals surface area contributed by atoms with E-state index in [9.17, 15) is 22.8 Å². The van der Waals surface area contributed by atoms with Gasteiger partial charge in [-0.05, 0) is 12.3 Å². The van der Waals surface area contributed by atoms with Crippen molar-refractivity contribution in [2.75, 3.05) is 6.54 Å². The predicted molar refractivity (Wildman–Crippen MR) is 42.9 cm³/mol. The summed E-state index contributed by atoms with van der Waals surface area (Å²) >= 11 is 0. The molecule has 1 saturated carbocycles.